The zero-order valence-corrected chi connectivity index (χ0v) is 11.4. The lowest BCUT2D eigenvalue weighted by Crippen LogP contribution is -2.33. The van der Waals surface area contributed by atoms with Gasteiger partial charge >= 0.3 is 0 Å². The van der Waals surface area contributed by atoms with Crippen LogP contribution in [0.3, 0.4) is 0 Å². The van der Waals surface area contributed by atoms with Gasteiger partial charge in [0.15, 0.2) is 0 Å². The lowest BCUT2D eigenvalue weighted by atomic mass is 10.1. The summed E-state index contributed by atoms with van der Waals surface area (Å²) in [6, 6.07) is 7.93. The molecule has 5 nitrogen and oxygen atoms in total. The largest absolute Gasteiger partial charge is 0.430 e. The molecule has 2 aromatic rings. The van der Waals surface area contributed by atoms with E-state index < -0.39 is 0 Å². The fourth-order valence-electron chi connectivity index (χ4n) is 1.98. The first-order valence-corrected chi connectivity index (χ1v) is 7.03. The SMILES string of the molecule is Cc1nnc(Oc2cccc([C@@H]3CNCCO3)c2)s1. The molecule has 1 aromatic heterocycles. The number of aryl methyl sites for hydroxylation is 1. The van der Waals surface area contributed by atoms with Crippen molar-refractivity contribution in [3.05, 3.63) is 34.8 Å². The molecule has 1 saturated heterocycles. The molecule has 1 N–H and O–H groups in total. The van der Waals surface area contributed by atoms with Gasteiger partial charge in [-0.15, -0.1) is 5.10 Å². The van der Waals surface area contributed by atoms with Gasteiger partial charge in [0, 0.05) is 13.1 Å². The van der Waals surface area contributed by atoms with Gasteiger partial charge in [-0.25, -0.2) is 0 Å². The summed E-state index contributed by atoms with van der Waals surface area (Å²) in [6.45, 7) is 4.39. The molecule has 1 aromatic carbocycles. The van der Waals surface area contributed by atoms with Gasteiger partial charge in [-0.05, 0) is 24.6 Å². The molecule has 1 aliphatic rings. The van der Waals surface area contributed by atoms with Gasteiger partial charge in [-0.1, -0.05) is 28.6 Å². The summed E-state index contributed by atoms with van der Waals surface area (Å²) in [5.41, 5.74) is 1.12. The van der Waals surface area contributed by atoms with Crippen LogP contribution in [0.4, 0.5) is 0 Å². The molecule has 0 unspecified atom stereocenters. The van der Waals surface area contributed by atoms with Crippen LogP contribution in [0, 0.1) is 6.92 Å². The molecule has 3 rings (SSSR count). The van der Waals surface area contributed by atoms with Gasteiger partial charge in [0.25, 0.3) is 5.19 Å². The van der Waals surface area contributed by atoms with Crippen molar-refractivity contribution in [2.75, 3.05) is 19.7 Å². The number of rotatable bonds is 3. The van der Waals surface area contributed by atoms with Crippen molar-refractivity contribution in [1.82, 2.24) is 15.5 Å². The van der Waals surface area contributed by atoms with E-state index in [2.05, 4.69) is 21.6 Å². The molecule has 0 radical (unpaired) electrons. The Hall–Kier alpha value is -1.50. The van der Waals surface area contributed by atoms with Gasteiger partial charge in [0.1, 0.15) is 10.8 Å². The maximum atomic E-state index is 5.73. The normalized spacial score (nSPS) is 19.3. The van der Waals surface area contributed by atoms with Crippen LogP contribution in [0.2, 0.25) is 0 Å². The number of benzene rings is 1. The summed E-state index contributed by atoms with van der Waals surface area (Å²) >= 11 is 1.44. The smallest absolute Gasteiger partial charge is 0.299 e. The highest BCUT2D eigenvalue weighted by Gasteiger charge is 2.16. The molecule has 0 spiro atoms. The first-order chi connectivity index (χ1) is 9.31. The van der Waals surface area contributed by atoms with E-state index in [-0.39, 0.29) is 6.10 Å². The minimum atomic E-state index is 0.0912. The standard InChI is InChI=1S/C13H15N3O2S/c1-9-15-16-13(19-9)18-11-4-2-3-10(7-11)12-8-14-5-6-17-12/h2-4,7,12,14H,5-6,8H2,1H3/t12-/m0/s1. The summed E-state index contributed by atoms with van der Waals surface area (Å²) in [4.78, 5) is 0. The third-order valence-corrected chi connectivity index (χ3v) is 3.59. The number of hydrogen-bond acceptors (Lipinski definition) is 6. The third-order valence-electron chi connectivity index (χ3n) is 2.87. The van der Waals surface area contributed by atoms with E-state index >= 15 is 0 Å². The molecule has 1 atom stereocenters. The summed E-state index contributed by atoms with van der Waals surface area (Å²) < 4.78 is 11.4. The highest BCUT2D eigenvalue weighted by molar-refractivity contribution is 7.13. The molecule has 6 heteroatoms. The van der Waals surface area contributed by atoms with Gasteiger partial charge in [0.05, 0.1) is 12.7 Å². The first kappa shape index (κ1) is 12.5. The van der Waals surface area contributed by atoms with E-state index in [4.69, 9.17) is 9.47 Å². The quantitative estimate of drug-likeness (QED) is 0.933. The van der Waals surface area contributed by atoms with Crippen molar-refractivity contribution in [3.8, 4) is 10.9 Å². The minimum Gasteiger partial charge on any atom is -0.430 e. The van der Waals surface area contributed by atoms with Gasteiger partial charge < -0.3 is 14.8 Å². The van der Waals surface area contributed by atoms with Crippen LogP contribution in [0.1, 0.15) is 16.7 Å². The molecule has 0 aliphatic carbocycles. The third kappa shape index (κ3) is 3.09. The van der Waals surface area contributed by atoms with Gasteiger partial charge in [-0.3, -0.25) is 0 Å². The second kappa shape index (κ2) is 5.64. The zero-order chi connectivity index (χ0) is 13.1. The molecule has 0 amide bonds. The Kier molecular flexibility index (Phi) is 3.72. The highest BCUT2D eigenvalue weighted by atomic mass is 32.1. The fraction of sp³-hybridized carbons (Fsp3) is 0.385. The van der Waals surface area contributed by atoms with Crippen LogP contribution in [0.5, 0.6) is 10.9 Å². The van der Waals surface area contributed by atoms with E-state index in [0.29, 0.717) is 5.19 Å². The molecule has 1 aliphatic heterocycles. The van der Waals surface area contributed by atoms with Crippen LogP contribution in [0.25, 0.3) is 0 Å². The average Bonchev–Trinajstić information content (AvgIpc) is 2.85. The number of morpholine rings is 1. The monoisotopic (exact) mass is 277 g/mol. The van der Waals surface area contributed by atoms with Crippen LogP contribution in [-0.4, -0.2) is 29.9 Å². The number of aromatic nitrogens is 2. The Morgan fingerprint density at radius 2 is 2.37 bits per heavy atom. The summed E-state index contributed by atoms with van der Waals surface area (Å²) in [7, 11) is 0. The number of nitrogens with zero attached hydrogens (tertiary/aromatic N) is 2. The van der Waals surface area contributed by atoms with Crippen molar-refractivity contribution >= 4 is 11.3 Å². The number of ether oxygens (including phenoxy) is 2. The Labute approximate surface area is 115 Å². The maximum absolute atomic E-state index is 5.73. The van der Waals surface area contributed by atoms with E-state index in [1.165, 1.54) is 11.3 Å². The molecule has 100 valence electrons. The summed E-state index contributed by atoms with van der Waals surface area (Å²) in [5, 5.41) is 12.7. The molecule has 0 saturated carbocycles. The van der Waals surface area contributed by atoms with Crippen molar-refractivity contribution in [1.29, 1.82) is 0 Å². The minimum absolute atomic E-state index is 0.0912. The maximum Gasteiger partial charge on any atom is 0.299 e. The summed E-state index contributed by atoms with van der Waals surface area (Å²) in [6.07, 6.45) is 0.0912. The molecule has 19 heavy (non-hydrogen) atoms. The van der Waals surface area contributed by atoms with E-state index in [1.807, 2.05) is 25.1 Å². The van der Waals surface area contributed by atoms with E-state index in [1.54, 1.807) is 0 Å². The molecular weight excluding hydrogens is 262 g/mol. The molecule has 0 bridgehead atoms. The fourth-order valence-corrected chi connectivity index (χ4v) is 2.53. The van der Waals surface area contributed by atoms with Crippen molar-refractivity contribution in [2.24, 2.45) is 0 Å². The lowest BCUT2D eigenvalue weighted by molar-refractivity contribution is 0.0276. The van der Waals surface area contributed by atoms with Crippen LogP contribution >= 0.6 is 11.3 Å². The average molecular weight is 277 g/mol. The Morgan fingerprint density at radius 1 is 1.42 bits per heavy atom. The topological polar surface area (TPSA) is 56.3 Å². The molecule has 1 fully saturated rings. The second-order valence-electron chi connectivity index (χ2n) is 4.33. The Balaban J connectivity index is 1.75. The Morgan fingerprint density at radius 3 is 3.11 bits per heavy atom. The van der Waals surface area contributed by atoms with Gasteiger partial charge in [0.2, 0.25) is 0 Å². The van der Waals surface area contributed by atoms with Crippen LogP contribution in [0.15, 0.2) is 24.3 Å². The molecule has 2 heterocycles. The first-order valence-electron chi connectivity index (χ1n) is 6.21. The molecular formula is C13H15N3O2S. The predicted molar refractivity (Wildman–Crippen MR) is 72.7 cm³/mol. The van der Waals surface area contributed by atoms with Crippen LogP contribution in [-0.2, 0) is 4.74 Å². The summed E-state index contributed by atoms with van der Waals surface area (Å²) in [5.74, 6) is 0.767. The van der Waals surface area contributed by atoms with Crippen molar-refractivity contribution in [2.45, 2.75) is 13.0 Å². The van der Waals surface area contributed by atoms with E-state index in [0.717, 1.165) is 36.0 Å². The van der Waals surface area contributed by atoms with E-state index in [9.17, 15) is 0 Å². The van der Waals surface area contributed by atoms with Crippen LogP contribution < -0.4 is 10.1 Å². The highest BCUT2D eigenvalue weighted by Crippen LogP contribution is 2.28. The zero-order valence-electron chi connectivity index (χ0n) is 10.6. The van der Waals surface area contributed by atoms with Gasteiger partial charge in [-0.2, -0.15) is 0 Å². The Bertz CT molecular complexity index is 552. The van der Waals surface area contributed by atoms with Crippen molar-refractivity contribution < 1.29 is 9.47 Å². The lowest BCUT2D eigenvalue weighted by Gasteiger charge is -2.24. The number of nitrogens with one attached hydrogen (secondary N) is 1. The predicted octanol–water partition coefficient (Wildman–Crippen LogP) is 2.30. The second-order valence-corrected chi connectivity index (χ2v) is 5.47. The number of hydrogen-bond donors (Lipinski definition) is 1. The van der Waals surface area contributed by atoms with Crippen molar-refractivity contribution in [3.63, 3.8) is 0 Å².